The van der Waals surface area contributed by atoms with Gasteiger partial charge < -0.3 is 9.94 Å². The van der Waals surface area contributed by atoms with E-state index >= 15 is 0 Å². The Morgan fingerprint density at radius 2 is 2.21 bits per heavy atom. The van der Waals surface area contributed by atoms with E-state index in [1.165, 1.54) is 5.56 Å². The van der Waals surface area contributed by atoms with Gasteiger partial charge in [-0.2, -0.15) is 0 Å². The number of hydrogen-bond donors (Lipinski definition) is 2. The number of aromatic hydroxyl groups is 1. The Kier molecular flexibility index (Phi) is 2.70. The molecule has 0 saturated carbocycles. The van der Waals surface area contributed by atoms with Crippen LogP contribution in [0.3, 0.4) is 0 Å². The van der Waals surface area contributed by atoms with Crippen LogP contribution in [0.4, 0.5) is 0 Å². The van der Waals surface area contributed by atoms with Crippen molar-refractivity contribution < 1.29 is 9.94 Å². The Labute approximate surface area is 83.5 Å². The van der Waals surface area contributed by atoms with E-state index in [-0.39, 0.29) is 0 Å². The summed E-state index contributed by atoms with van der Waals surface area (Å²) in [6.45, 7) is 0.451. The van der Waals surface area contributed by atoms with Gasteiger partial charge in [-0.05, 0) is 36.0 Å². The molecule has 0 heterocycles. The normalized spacial score (nSPS) is 14.4. The van der Waals surface area contributed by atoms with Crippen molar-refractivity contribution in [3.05, 3.63) is 28.8 Å². The molecule has 0 fully saturated rings. The summed E-state index contributed by atoms with van der Waals surface area (Å²) in [4.78, 5) is 4.51. The second kappa shape index (κ2) is 3.98. The highest BCUT2D eigenvalue weighted by atomic mass is 16.6. The molecule has 0 amide bonds. The van der Waals surface area contributed by atoms with Crippen LogP contribution >= 0.6 is 0 Å². The molecule has 0 unspecified atom stereocenters. The lowest BCUT2D eigenvalue weighted by Gasteiger charge is -2.08. The van der Waals surface area contributed by atoms with Crippen molar-refractivity contribution in [1.82, 2.24) is 0 Å². The summed E-state index contributed by atoms with van der Waals surface area (Å²) in [5.74, 6) is 5.41. The molecule has 1 aromatic rings. The fourth-order valence-electron chi connectivity index (χ4n) is 2.07. The zero-order valence-electron chi connectivity index (χ0n) is 8.12. The Hall–Kier alpha value is -1.06. The summed E-state index contributed by atoms with van der Waals surface area (Å²) in [6.07, 6.45) is 3.92. The molecular formula is C11H15NO2. The average molecular weight is 193 g/mol. The number of phenols is 1. The van der Waals surface area contributed by atoms with E-state index in [0.29, 0.717) is 18.8 Å². The van der Waals surface area contributed by atoms with E-state index in [1.807, 2.05) is 6.07 Å². The predicted octanol–water partition coefficient (Wildman–Crippen LogP) is 1.31. The molecule has 0 saturated heterocycles. The summed E-state index contributed by atoms with van der Waals surface area (Å²) in [6, 6.07) is 4.08. The highest BCUT2D eigenvalue weighted by Gasteiger charge is 2.16. The first-order valence-corrected chi connectivity index (χ1v) is 4.97. The standard InChI is InChI=1S/C11H15NO2/c12-14-7-6-9-5-4-8-2-1-3-10(8)11(9)13/h4-5,13H,1-3,6-7,12H2. The van der Waals surface area contributed by atoms with Crippen molar-refractivity contribution >= 4 is 0 Å². The third-order valence-electron chi connectivity index (χ3n) is 2.83. The Morgan fingerprint density at radius 3 is 3.00 bits per heavy atom. The van der Waals surface area contributed by atoms with E-state index in [9.17, 15) is 5.11 Å². The molecule has 3 heteroatoms. The van der Waals surface area contributed by atoms with Gasteiger partial charge in [-0.1, -0.05) is 12.1 Å². The van der Waals surface area contributed by atoms with Gasteiger partial charge in [0, 0.05) is 6.42 Å². The van der Waals surface area contributed by atoms with E-state index in [2.05, 4.69) is 10.9 Å². The van der Waals surface area contributed by atoms with Crippen LogP contribution in [0.5, 0.6) is 5.75 Å². The lowest BCUT2D eigenvalue weighted by atomic mass is 10.0. The van der Waals surface area contributed by atoms with E-state index in [1.54, 1.807) is 0 Å². The molecule has 2 rings (SSSR count). The molecule has 0 atom stereocenters. The molecule has 3 nitrogen and oxygen atoms in total. The van der Waals surface area contributed by atoms with Crippen molar-refractivity contribution in [1.29, 1.82) is 0 Å². The van der Waals surface area contributed by atoms with Gasteiger partial charge in [0.15, 0.2) is 0 Å². The summed E-state index contributed by atoms with van der Waals surface area (Å²) in [5.41, 5.74) is 3.36. The van der Waals surface area contributed by atoms with E-state index in [4.69, 9.17) is 5.90 Å². The largest absolute Gasteiger partial charge is 0.507 e. The Morgan fingerprint density at radius 1 is 1.36 bits per heavy atom. The number of hydrogen-bond acceptors (Lipinski definition) is 3. The van der Waals surface area contributed by atoms with Crippen molar-refractivity contribution in [2.75, 3.05) is 6.61 Å². The van der Waals surface area contributed by atoms with Crippen LogP contribution in [-0.2, 0) is 24.1 Å². The van der Waals surface area contributed by atoms with Crippen molar-refractivity contribution in [3.8, 4) is 5.75 Å². The van der Waals surface area contributed by atoms with Gasteiger partial charge in [0.25, 0.3) is 0 Å². The second-order valence-electron chi connectivity index (χ2n) is 3.69. The molecular weight excluding hydrogens is 178 g/mol. The zero-order chi connectivity index (χ0) is 9.97. The molecule has 0 bridgehead atoms. The minimum absolute atomic E-state index is 0.451. The third kappa shape index (κ3) is 1.61. The Balaban J connectivity index is 2.26. The molecule has 1 aliphatic carbocycles. The van der Waals surface area contributed by atoms with Gasteiger partial charge in [-0.25, -0.2) is 5.90 Å². The minimum atomic E-state index is 0.451. The number of nitrogens with two attached hydrogens (primary N) is 1. The molecule has 3 N–H and O–H groups in total. The van der Waals surface area contributed by atoms with Crippen LogP contribution in [0.1, 0.15) is 23.1 Å². The van der Waals surface area contributed by atoms with Crippen LogP contribution in [0.2, 0.25) is 0 Å². The number of rotatable bonds is 3. The second-order valence-corrected chi connectivity index (χ2v) is 3.69. The quantitative estimate of drug-likeness (QED) is 0.712. The molecule has 1 aliphatic rings. The lowest BCUT2D eigenvalue weighted by Crippen LogP contribution is -2.04. The first kappa shape index (κ1) is 9.49. The van der Waals surface area contributed by atoms with E-state index in [0.717, 1.165) is 30.4 Å². The van der Waals surface area contributed by atoms with Gasteiger partial charge in [0.05, 0.1) is 6.61 Å². The van der Waals surface area contributed by atoms with Crippen LogP contribution in [0.25, 0.3) is 0 Å². The summed E-state index contributed by atoms with van der Waals surface area (Å²) < 4.78 is 0. The van der Waals surface area contributed by atoms with Gasteiger partial charge in [-0.3, -0.25) is 0 Å². The van der Waals surface area contributed by atoms with Crippen molar-refractivity contribution in [3.63, 3.8) is 0 Å². The van der Waals surface area contributed by atoms with Gasteiger partial charge >= 0.3 is 0 Å². The van der Waals surface area contributed by atoms with Crippen molar-refractivity contribution in [2.45, 2.75) is 25.7 Å². The number of phenolic OH excluding ortho intramolecular Hbond substituents is 1. The Bertz CT molecular complexity index is 336. The molecule has 0 aliphatic heterocycles. The minimum Gasteiger partial charge on any atom is -0.507 e. The van der Waals surface area contributed by atoms with Gasteiger partial charge in [-0.15, -0.1) is 0 Å². The molecule has 76 valence electrons. The molecule has 0 spiro atoms. The topological polar surface area (TPSA) is 55.5 Å². The third-order valence-corrected chi connectivity index (χ3v) is 2.83. The van der Waals surface area contributed by atoms with E-state index < -0.39 is 0 Å². The maximum atomic E-state index is 9.94. The van der Waals surface area contributed by atoms with Crippen LogP contribution in [-0.4, -0.2) is 11.7 Å². The molecule has 14 heavy (non-hydrogen) atoms. The zero-order valence-corrected chi connectivity index (χ0v) is 8.12. The summed E-state index contributed by atoms with van der Waals surface area (Å²) >= 11 is 0. The number of aryl methyl sites for hydroxylation is 1. The monoisotopic (exact) mass is 193 g/mol. The molecule has 0 aromatic heterocycles. The fraction of sp³-hybridized carbons (Fsp3) is 0.455. The number of benzene rings is 1. The summed E-state index contributed by atoms with van der Waals surface area (Å²) in [7, 11) is 0. The fourth-order valence-corrected chi connectivity index (χ4v) is 2.07. The lowest BCUT2D eigenvalue weighted by molar-refractivity contribution is 0.140. The highest BCUT2D eigenvalue weighted by molar-refractivity contribution is 5.47. The molecule has 1 aromatic carbocycles. The van der Waals surface area contributed by atoms with Gasteiger partial charge in [0.2, 0.25) is 0 Å². The number of fused-ring (bicyclic) bond motifs is 1. The van der Waals surface area contributed by atoms with Crippen LogP contribution < -0.4 is 5.90 Å². The van der Waals surface area contributed by atoms with Gasteiger partial charge in [0.1, 0.15) is 5.75 Å². The SMILES string of the molecule is NOCCc1ccc2c(c1O)CCC2. The first-order chi connectivity index (χ1) is 6.83. The highest BCUT2D eigenvalue weighted by Crippen LogP contribution is 2.32. The van der Waals surface area contributed by atoms with Crippen molar-refractivity contribution in [2.24, 2.45) is 5.90 Å². The summed E-state index contributed by atoms with van der Waals surface area (Å²) in [5, 5.41) is 9.94. The first-order valence-electron chi connectivity index (χ1n) is 4.97. The maximum Gasteiger partial charge on any atom is 0.122 e. The smallest absolute Gasteiger partial charge is 0.122 e. The average Bonchev–Trinajstić information content (AvgIpc) is 2.66. The maximum absolute atomic E-state index is 9.94. The predicted molar refractivity (Wildman–Crippen MR) is 54.0 cm³/mol. The van der Waals surface area contributed by atoms with Crippen LogP contribution in [0, 0.1) is 0 Å². The molecule has 0 radical (unpaired) electrons. The van der Waals surface area contributed by atoms with Crippen LogP contribution in [0.15, 0.2) is 12.1 Å².